The highest BCUT2D eigenvalue weighted by atomic mass is 32.2. The van der Waals surface area contributed by atoms with Gasteiger partial charge in [-0.1, -0.05) is 30.7 Å². The van der Waals surface area contributed by atoms with Crippen LogP contribution in [-0.4, -0.2) is 32.3 Å². The Morgan fingerprint density at radius 1 is 1.28 bits per heavy atom. The Morgan fingerprint density at radius 2 is 1.96 bits per heavy atom. The van der Waals surface area contributed by atoms with Crippen LogP contribution in [0, 0.1) is 0 Å². The van der Waals surface area contributed by atoms with Gasteiger partial charge in [0.1, 0.15) is 0 Å². The lowest BCUT2D eigenvalue weighted by atomic mass is 9.94. The van der Waals surface area contributed by atoms with Gasteiger partial charge in [0.25, 0.3) is 0 Å². The predicted octanol–water partition coefficient (Wildman–Crippen LogP) is 3.23. The lowest BCUT2D eigenvalue weighted by Gasteiger charge is -2.22. The molecule has 0 aliphatic heterocycles. The number of hydrogen-bond acceptors (Lipinski definition) is 4. The molecule has 1 N–H and O–H groups in total. The second-order valence-electron chi connectivity index (χ2n) is 6.61. The molecule has 6 heteroatoms. The second-order valence-corrected chi connectivity index (χ2v) is 8.88. The van der Waals surface area contributed by atoms with Gasteiger partial charge in [-0.3, -0.25) is 0 Å². The lowest BCUT2D eigenvalue weighted by Crippen LogP contribution is -2.40. The highest BCUT2D eigenvalue weighted by Gasteiger charge is 2.32. The minimum Gasteiger partial charge on any atom is -0.463 e. The van der Waals surface area contributed by atoms with Gasteiger partial charge in [0.2, 0.25) is 10.0 Å². The lowest BCUT2D eigenvalue weighted by molar-refractivity contribution is -0.137. The first-order chi connectivity index (χ1) is 11.8. The van der Waals surface area contributed by atoms with Crippen LogP contribution >= 0.6 is 0 Å². The summed E-state index contributed by atoms with van der Waals surface area (Å²) in [6, 6.07) is 7.86. The van der Waals surface area contributed by atoms with E-state index in [1.165, 1.54) is 6.08 Å². The molecular formula is C19H27NO4S. The third-order valence-corrected chi connectivity index (χ3v) is 6.39. The molecule has 138 valence electrons. The van der Waals surface area contributed by atoms with Crippen molar-refractivity contribution in [3.05, 3.63) is 41.5 Å². The summed E-state index contributed by atoms with van der Waals surface area (Å²) in [5.41, 5.74) is 2.04. The van der Waals surface area contributed by atoms with Crippen molar-refractivity contribution in [1.29, 1.82) is 0 Å². The molecule has 0 unspecified atom stereocenters. The van der Waals surface area contributed by atoms with Crippen molar-refractivity contribution in [2.24, 2.45) is 0 Å². The van der Waals surface area contributed by atoms with Gasteiger partial charge in [0, 0.05) is 18.0 Å². The number of carbonyl (C=O) groups excluding carboxylic acids is 1. The first-order valence-electron chi connectivity index (χ1n) is 8.79. The predicted molar refractivity (Wildman–Crippen MR) is 99.7 cm³/mol. The van der Waals surface area contributed by atoms with Gasteiger partial charge in [-0.25, -0.2) is 17.9 Å². The zero-order valence-electron chi connectivity index (χ0n) is 15.1. The van der Waals surface area contributed by atoms with Crippen molar-refractivity contribution in [3.8, 4) is 0 Å². The fourth-order valence-electron chi connectivity index (χ4n) is 3.06. The molecule has 0 saturated heterocycles. The molecule has 0 spiro atoms. The molecule has 1 saturated carbocycles. The molecule has 0 bridgehead atoms. The first-order valence-corrected chi connectivity index (χ1v) is 10.3. The SMILES string of the molecule is CCOC(=O)C=Cc1ccc([C@@H]2CCC[C@H]2NS(=O)(=O)C(C)C)cc1. The first kappa shape index (κ1) is 19.7. The average Bonchev–Trinajstić information content (AvgIpc) is 3.01. The molecule has 1 aromatic rings. The molecule has 0 heterocycles. The van der Waals surface area contributed by atoms with E-state index in [-0.39, 0.29) is 17.9 Å². The van der Waals surface area contributed by atoms with E-state index in [0.29, 0.717) is 6.61 Å². The topological polar surface area (TPSA) is 72.5 Å². The Morgan fingerprint density at radius 3 is 2.56 bits per heavy atom. The largest absolute Gasteiger partial charge is 0.463 e. The minimum absolute atomic E-state index is 0.0478. The highest BCUT2D eigenvalue weighted by molar-refractivity contribution is 7.90. The molecule has 0 amide bonds. The molecule has 2 rings (SSSR count). The van der Waals surface area contributed by atoms with Gasteiger partial charge in [0.15, 0.2) is 0 Å². The van der Waals surface area contributed by atoms with Gasteiger partial charge in [0.05, 0.1) is 11.9 Å². The molecule has 1 aliphatic carbocycles. The number of rotatable bonds is 7. The van der Waals surface area contributed by atoms with E-state index >= 15 is 0 Å². The van der Waals surface area contributed by atoms with E-state index in [2.05, 4.69) is 4.72 Å². The van der Waals surface area contributed by atoms with Gasteiger partial charge in [-0.05, 0) is 50.8 Å². The zero-order valence-corrected chi connectivity index (χ0v) is 15.9. The monoisotopic (exact) mass is 365 g/mol. The summed E-state index contributed by atoms with van der Waals surface area (Å²) >= 11 is 0. The van der Waals surface area contributed by atoms with Gasteiger partial charge in [-0.15, -0.1) is 0 Å². The average molecular weight is 365 g/mol. The van der Waals surface area contributed by atoms with Crippen LogP contribution in [0.25, 0.3) is 6.08 Å². The Bertz CT molecular complexity index is 707. The van der Waals surface area contributed by atoms with Crippen LogP contribution in [0.3, 0.4) is 0 Å². The number of esters is 1. The summed E-state index contributed by atoms with van der Waals surface area (Å²) in [5.74, 6) is -0.165. The normalized spacial score (nSPS) is 21.1. The summed E-state index contributed by atoms with van der Waals surface area (Å²) in [6.07, 6.45) is 5.98. The van der Waals surface area contributed by atoms with Crippen molar-refractivity contribution in [2.45, 2.75) is 57.2 Å². The van der Waals surface area contributed by atoms with Crippen LogP contribution < -0.4 is 4.72 Å². The quantitative estimate of drug-likeness (QED) is 0.595. The van der Waals surface area contributed by atoms with Crippen molar-refractivity contribution in [2.75, 3.05) is 6.61 Å². The van der Waals surface area contributed by atoms with Crippen LogP contribution in [0.15, 0.2) is 30.3 Å². The van der Waals surface area contributed by atoms with Crippen LogP contribution in [0.1, 0.15) is 57.1 Å². The fraction of sp³-hybridized carbons (Fsp3) is 0.526. The smallest absolute Gasteiger partial charge is 0.330 e. The number of nitrogens with one attached hydrogen (secondary N) is 1. The van der Waals surface area contributed by atoms with E-state index in [0.717, 1.165) is 30.4 Å². The molecule has 2 atom stereocenters. The van der Waals surface area contributed by atoms with Crippen molar-refractivity contribution < 1.29 is 17.9 Å². The highest BCUT2D eigenvalue weighted by Crippen LogP contribution is 2.35. The molecule has 25 heavy (non-hydrogen) atoms. The Labute approximate surface area is 150 Å². The number of hydrogen-bond donors (Lipinski definition) is 1. The summed E-state index contributed by atoms with van der Waals surface area (Å²) in [4.78, 5) is 11.3. The number of sulfonamides is 1. The number of ether oxygens (including phenoxy) is 1. The summed E-state index contributed by atoms with van der Waals surface area (Å²) in [7, 11) is -3.27. The molecule has 1 aliphatic rings. The maximum Gasteiger partial charge on any atom is 0.330 e. The van der Waals surface area contributed by atoms with Crippen LogP contribution in [-0.2, 0) is 19.6 Å². The van der Waals surface area contributed by atoms with Crippen molar-refractivity contribution >= 4 is 22.1 Å². The maximum atomic E-state index is 12.2. The van der Waals surface area contributed by atoms with Gasteiger partial charge >= 0.3 is 5.97 Å². The number of carbonyl (C=O) groups is 1. The molecular weight excluding hydrogens is 338 g/mol. The van der Waals surface area contributed by atoms with E-state index < -0.39 is 15.3 Å². The molecule has 1 aromatic carbocycles. The molecule has 0 radical (unpaired) electrons. The van der Waals surface area contributed by atoms with Crippen LogP contribution in [0.4, 0.5) is 0 Å². The van der Waals surface area contributed by atoms with Crippen LogP contribution in [0.5, 0.6) is 0 Å². The Kier molecular flexibility index (Phi) is 6.79. The fourth-order valence-corrected chi connectivity index (χ4v) is 4.03. The molecule has 5 nitrogen and oxygen atoms in total. The second kappa shape index (κ2) is 8.63. The van der Waals surface area contributed by atoms with E-state index in [1.807, 2.05) is 24.3 Å². The van der Waals surface area contributed by atoms with E-state index in [1.54, 1.807) is 26.8 Å². The van der Waals surface area contributed by atoms with Crippen molar-refractivity contribution in [1.82, 2.24) is 4.72 Å². The van der Waals surface area contributed by atoms with E-state index in [9.17, 15) is 13.2 Å². The summed E-state index contributed by atoms with van der Waals surface area (Å²) < 4.78 is 32.0. The summed E-state index contributed by atoms with van der Waals surface area (Å²) in [6.45, 7) is 5.51. The van der Waals surface area contributed by atoms with Gasteiger partial charge < -0.3 is 4.74 Å². The number of benzene rings is 1. The third-order valence-electron chi connectivity index (χ3n) is 4.52. The van der Waals surface area contributed by atoms with Gasteiger partial charge in [-0.2, -0.15) is 0 Å². The van der Waals surface area contributed by atoms with Crippen LogP contribution in [0.2, 0.25) is 0 Å². The molecule has 0 aromatic heterocycles. The Balaban J connectivity index is 2.06. The zero-order chi connectivity index (χ0) is 18.4. The van der Waals surface area contributed by atoms with E-state index in [4.69, 9.17) is 4.74 Å². The third kappa shape index (κ3) is 5.41. The van der Waals surface area contributed by atoms with Crippen molar-refractivity contribution in [3.63, 3.8) is 0 Å². The standard InChI is InChI=1S/C19H27NO4S/c1-4-24-19(21)13-10-15-8-11-16(12-9-15)17-6-5-7-18(17)20-25(22,23)14(2)3/h8-14,17-18,20H,4-7H2,1-3H3/t17-,18+/m0/s1. The molecule has 1 fully saturated rings. The maximum absolute atomic E-state index is 12.2. The minimum atomic E-state index is -3.27. The Hall–Kier alpha value is -1.66. The summed E-state index contributed by atoms with van der Waals surface area (Å²) in [5, 5.41) is -0.427.